The van der Waals surface area contributed by atoms with Gasteiger partial charge in [-0.05, 0) is 12.8 Å². The summed E-state index contributed by atoms with van der Waals surface area (Å²) in [6.45, 7) is 0. The fourth-order valence-corrected chi connectivity index (χ4v) is 2.02. The molecule has 84 valence electrons. The van der Waals surface area contributed by atoms with E-state index in [0.717, 1.165) is 5.37 Å². The molecular weight excluding hydrogens is 247 g/mol. The fourth-order valence-electron chi connectivity index (χ4n) is 1.53. The highest BCUT2D eigenvalue weighted by Gasteiger charge is 2.44. The summed E-state index contributed by atoms with van der Waals surface area (Å²) >= 11 is 10.0. The molecule has 0 bridgehead atoms. The van der Waals surface area contributed by atoms with Crippen molar-refractivity contribution in [1.82, 2.24) is 0 Å². The molecule has 2 atom stereocenters. The third-order valence-electron chi connectivity index (χ3n) is 2.41. The van der Waals surface area contributed by atoms with Gasteiger partial charge in [0.15, 0.2) is 0 Å². The summed E-state index contributed by atoms with van der Waals surface area (Å²) < 4.78 is 37.5. The van der Waals surface area contributed by atoms with Gasteiger partial charge in [0.05, 0.1) is 5.92 Å². The van der Waals surface area contributed by atoms with Crippen LogP contribution in [0.1, 0.15) is 12.8 Å². The molecule has 1 nitrogen and oxygen atoms in total. The number of nitrogens with one attached hydrogen (secondary N) is 1. The Morgan fingerprint density at radius 2 is 2.20 bits per heavy atom. The van der Waals surface area contributed by atoms with E-state index < -0.39 is 18.0 Å². The minimum Gasteiger partial charge on any atom is -0.304 e. The number of hydrogen-bond donors (Lipinski definition) is 1. The minimum absolute atomic E-state index is 0.0691. The number of thiocarbonyl (C=S) groups is 1. The summed E-state index contributed by atoms with van der Waals surface area (Å²) in [7, 11) is 0. The van der Waals surface area contributed by atoms with Crippen LogP contribution in [0.3, 0.4) is 0 Å². The maximum atomic E-state index is 12.5. The van der Waals surface area contributed by atoms with Gasteiger partial charge in [0.1, 0.15) is 0 Å². The molecule has 1 aliphatic carbocycles. The van der Waals surface area contributed by atoms with E-state index in [0.29, 0.717) is 6.42 Å². The minimum atomic E-state index is -4.34. The first-order valence-corrected chi connectivity index (χ1v) is 5.17. The van der Waals surface area contributed by atoms with E-state index in [1.165, 1.54) is 6.08 Å². The molecule has 1 aliphatic rings. The van der Waals surface area contributed by atoms with Crippen molar-refractivity contribution in [3.8, 4) is 0 Å². The smallest absolute Gasteiger partial charge is 0.304 e. The summed E-state index contributed by atoms with van der Waals surface area (Å²) in [6, 6.07) is 0. The molecule has 2 unspecified atom stereocenters. The molecule has 0 radical (unpaired) electrons. The number of rotatable bonds is 2. The average Bonchev–Trinajstić information content (AvgIpc) is 2.15. The molecule has 0 heterocycles. The van der Waals surface area contributed by atoms with Crippen LogP contribution < -0.4 is 0 Å². The molecule has 15 heavy (non-hydrogen) atoms. The Morgan fingerprint density at radius 3 is 2.67 bits per heavy atom. The van der Waals surface area contributed by atoms with Crippen LogP contribution in [0.4, 0.5) is 13.2 Å². The van der Waals surface area contributed by atoms with Gasteiger partial charge in [-0.25, -0.2) is 0 Å². The molecule has 6 heteroatoms. The Labute approximate surface area is 95.8 Å². The lowest BCUT2D eigenvalue weighted by atomic mass is 9.83. The van der Waals surface area contributed by atoms with E-state index >= 15 is 0 Å². The first-order valence-electron chi connectivity index (χ1n) is 4.32. The highest BCUT2D eigenvalue weighted by atomic mass is 35.5. The summed E-state index contributed by atoms with van der Waals surface area (Å²) in [6.07, 6.45) is -2.82. The third-order valence-corrected chi connectivity index (χ3v) is 3.08. The van der Waals surface area contributed by atoms with Gasteiger partial charge in [0.25, 0.3) is 0 Å². The van der Waals surface area contributed by atoms with E-state index in [1.54, 1.807) is 0 Å². The molecule has 0 amide bonds. The molecule has 0 saturated carbocycles. The van der Waals surface area contributed by atoms with Crippen molar-refractivity contribution < 1.29 is 13.2 Å². The van der Waals surface area contributed by atoms with Gasteiger partial charge < -0.3 is 5.41 Å². The predicted octanol–water partition coefficient (Wildman–Crippen LogP) is 3.72. The van der Waals surface area contributed by atoms with Crippen LogP contribution in [-0.4, -0.2) is 17.3 Å². The van der Waals surface area contributed by atoms with Gasteiger partial charge in [-0.15, -0.1) is 0 Å². The van der Waals surface area contributed by atoms with Gasteiger partial charge >= 0.3 is 6.18 Å². The van der Waals surface area contributed by atoms with Crippen molar-refractivity contribution in [3.63, 3.8) is 0 Å². The molecule has 0 aliphatic heterocycles. The van der Waals surface area contributed by atoms with E-state index in [9.17, 15) is 13.2 Å². The van der Waals surface area contributed by atoms with E-state index in [1.807, 2.05) is 0 Å². The molecule has 0 aromatic heterocycles. The van der Waals surface area contributed by atoms with Gasteiger partial charge in [0, 0.05) is 22.0 Å². The Bertz CT molecular complexity index is 311. The average molecular weight is 256 g/mol. The molecule has 0 aromatic rings. The largest absolute Gasteiger partial charge is 0.396 e. The third kappa shape index (κ3) is 3.01. The topological polar surface area (TPSA) is 23.9 Å². The van der Waals surface area contributed by atoms with Crippen molar-refractivity contribution in [1.29, 1.82) is 5.41 Å². The number of allylic oxidation sites excluding steroid dienone is 2. The molecule has 0 saturated heterocycles. The Balaban J connectivity index is 2.84. The zero-order valence-corrected chi connectivity index (χ0v) is 9.22. The maximum Gasteiger partial charge on any atom is 0.396 e. The zero-order chi connectivity index (χ0) is 11.6. The molecule has 0 aromatic carbocycles. The Hall–Kier alpha value is -0.420. The van der Waals surface area contributed by atoms with Gasteiger partial charge in [-0.1, -0.05) is 29.9 Å². The summed E-state index contributed by atoms with van der Waals surface area (Å²) in [5, 5.41) is 8.34. The second-order valence-corrected chi connectivity index (χ2v) is 4.10. The molecule has 1 N–H and O–H groups in total. The summed E-state index contributed by atoms with van der Waals surface area (Å²) in [5.41, 5.74) is 0.0691. The van der Waals surface area contributed by atoms with E-state index in [4.69, 9.17) is 17.0 Å². The lowest BCUT2D eigenvalue weighted by molar-refractivity contribution is -0.166. The van der Waals surface area contributed by atoms with Crippen molar-refractivity contribution in [3.05, 3.63) is 11.1 Å². The number of alkyl halides is 3. The number of hydrogen-bond acceptors (Lipinski definition) is 2. The zero-order valence-electron chi connectivity index (χ0n) is 7.64. The Morgan fingerprint density at radius 1 is 1.60 bits per heavy atom. The lowest BCUT2D eigenvalue weighted by Crippen LogP contribution is -2.31. The molecule has 0 fully saturated rings. The van der Waals surface area contributed by atoms with Crippen LogP contribution in [-0.2, 0) is 0 Å². The second-order valence-electron chi connectivity index (χ2n) is 3.42. The maximum absolute atomic E-state index is 12.5. The molecule has 1 rings (SSSR count). The first kappa shape index (κ1) is 12.6. The summed E-state index contributed by atoms with van der Waals surface area (Å²) in [5.74, 6) is -2.11. The SMILES string of the molecule is N=C(C=S)C1CC=C(Cl)C(C(F)(F)F)C1. The van der Waals surface area contributed by atoms with Crippen LogP contribution in [0, 0.1) is 17.2 Å². The first-order chi connectivity index (χ1) is 6.86. The van der Waals surface area contributed by atoms with Gasteiger partial charge in [0.2, 0.25) is 0 Å². The second kappa shape index (κ2) is 4.61. The van der Waals surface area contributed by atoms with Crippen LogP contribution in [0.2, 0.25) is 0 Å². The van der Waals surface area contributed by atoms with E-state index in [2.05, 4.69) is 12.2 Å². The van der Waals surface area contributed by atoms with Crippen LogP contribution in [0.25, 0.3) is 0 Å². The standard InChI is InChI=1S/C9H9ClF3NS/c10-7-2-1-5(8(14)4-15)3-6(7)9(11,12)13/h2,4-6,14H,1,3H2. The van der Waals surface area contributed by atoms with E-state index in [-0.39, 0.29) is 17.2 Å². The van der Waals surface area contributed by atoms with Crippen LogP contribution in [0.5, 0.6) is 0 Å². The number of halogens is 4. The van der Waals surface area contributed by atoms with Gasteiger partial charge in [-0.3, -0.25) is 0 Å². The lowest BCUT2D eigenvalue weighted by Gasteiger charge is -2.28. The Kier molecular flexibility index (Phi) is 3.89. The quantitative estimate of drug-likeness (QED) is 0.590. The fraction of sp³-hybridized carbons (Fsp3) is 0.556. The molecule has 0 spiro atoms. The van der Waals surface area contributed by atoms with Crippen LogP contribution in [0.15, 0.2) is 11.1 Å². The normalized spacial score (nSPS) is 27.1. The predicted molar refractivity (Wildman–Crippen MR) is 57.6 cm³/mol. The highest BCUT2D eigenvalue weighted by molar-refractivity contribution is 7.80. The molecular formula is C9H9ClF3NS. The highest BCUT2D eigenvalue weighted by Crippen LogP contribution is 2.42. The van der Waals surface area contributed by atoms with Crippen molar-refractivity contribution in [2.45, 2.75) is 19.0 Å². The van der Waals surface area contributed by atoms with Gasteiger partial charge in [-0.2, -0.15) is 13.2 Å². The van der Waals surface area contributed by atoms with Crippen molar-refractivity contribution in [2.24, 2.45) is 11.8 Å². The summed E-state index contributed by atoms with van der Waals surface area (Å²) in [4.78, 5) is 0. The van der Waals surface area contributed by atoms with Crippen LogP contribution >= 0.6 is 23.8 Å². The monoisotopic (exact) mass is 255 g/mol. The van der Waals surface area contributed by atoms with Crippen molar-refractivity contribution >= 4 is 34.9 Å². The van der Waals surface area contributed by atoms with Crippen molar-refractivity contribution in [2.75, 3.05) is 0 Å².